The molecule has 3 aromatic rings. The summed E-state index contributed by atoms with van der Waals surface area (Å²) in [6, 6.07) is 14.9. The van der Waals surface area contributed by atoms with E-state index in [0.29, 0.717) is 27.6 Å². The SMILES string of the molecule is CC(O)Cn1c(SCC(=O)NCC(C)c2ccccc2)nc2cc(Cl)ccc2c1=O. The minimum absolute atomic E-state index is 0.0966. The number of nitrogens with one attached hydrogen (secondary N) is 1. The molecule has 0 aliphatic carbocycles. The Morgan fingerprint density at radius 2 is 1.97 bits per heavy atom. The maximum absolute atomic E-state index is 12.9. The topological polar surface area (TPSA) is 84.2 Å². The van der Waals surface area contributed by atoms with Gasteiger partial charge < -0.3 is 10.4 Å². The molecule has 0 fully saturated rings. The highest BCUT2D eigenvalue weighted by molar-refractivity contribution is 7.99. The standard InChI is InChI=1S/C22H24ClN3O3S/c1-14(16-6-4-3-5-7-16)11-24-20(28)13-30-22-25-19-10-17(23)8-9-18(19)21(29)26(22)12-15(2)27/h3-10,14-15,27H,11-13H2,1-2H3,(H,24,28). The first-order chi connectivity index (χ1) is 14.3. The number of aromatic nitrogens is 2. The third-order valence-corrected chi connectivity index (χ3v) is 5.85. The van der Waals surface area contributed by atoms with Crippen LogP contribution >= 0.6 is 23.4 Å². The van der Waals surface area contributed by atoms with Crippen LogP contribution in [0.3, 0.4) is 0 Å². The largest absolute Gasteiger partial charge is 0.392 e. The summed E-state index contributed by atoms with van der Waals surface area (Å²) in [5.74, 6) is 0.154. The number of benzene rings is 2. The lowest BCUT2D eigenvalue weighted by Gasteiger charge is -2.15. The molecule has 30 heavy (non-hydrogen) atoms. The lowest BCUT2D eigenvalue weighted by atomic mass is 10.0. The Kier molecular flexibility index (Phi) is 7.53. The van der Waals surface area contributed by atoms with Crippen molar-refractivity contribution in [3.05, 3.63) is 69.5 Å². The van der Waals surface area contributed by atoms with Crippen molar-refractivity contribution in [1.82, 2.24) is 14.9 Å². The van der Waals surface area contributed by atoms with E-state index in [-0.39, 0.29) is 29.7 Å². The fourth-order valence-electron chi connectivity index (χ4n) is 3.06. The van der Waals surface area contributed by atoms with Gasteiger partial charge in [-0.05, 0) is 36.6 Å². The summed E-state index contributed by atoms with van der Waals surface area (Å²) in [6.07, 6.45) is -0.728. The molecular weight excluding hydrogens is 422 g/mol. The summed E-state index contributed by atoms with van der Waals surface area (Å²) in [4.78, 5) is 29.8. The number of hydrogen-bond acceptors (Lipinski definition) is 5. The molecule has 1 aromatic heterocycles. The van der Waals surface area contributed by atoms with Gasteiger partial charge >= 0.3 is 0 Å². The Hall–Kier alpha value is -2.35. The molecule has 6 nitrogen and oxygen atoms in total. The first-order valence-electron chi connectivity index (χ1n) is 9.67. The van der Waals surface area contributed by atoms with E-state index in [4.69, 9.17) is 11.6 Å². The highest BCUT2D eigenvalue weighted by Gasteiger charge is 2.15. The summed E-state index contributed by atoms with van der Waals surface area (Å²) >= 11 is 7.20. The average Bonchev–Trinajstić information content (AvgIpc) is 2.73. The van der Waals surface area contributed by atoms with Gasteiger partial charge in [0.2, 0.25) is 5.91 Å². The molecule has 3 rings (SSSR count). The van der Waals surface area contributed by atoms with Crippen LogP contribution in [0, 0.1) is 0 Å². The second-order valence-corrected chi connectivity index (χ2v) is 8.60. The minimum Gasteiger partial charge on any atom is -0.392 e. The number of halogens is 1. The molecule has 2 aromatic carbocycles. The van der Waals surface area contributed by atoms with Crippen molar-refractivity contribution in [3.63, 3.8) is 0 Å². The summed E-state index contributed by atoms with van der Waals surface area (Å²) < 4.78 is 1.41. The second kappa shape index (κ2) is 10.1. The molecule has 158 valence electrons. The van der Waals surface area contributed by atoms with Gasteiger partial charge in [-0.2, -0.15) is 0 Å². The van der Waals surface area contributed by atoms with Gasteiger partial charge in [0.1, 0.15) is 0 Å². The van der Waals surface area contributed by atoms with Crippen LogP contribution in [0.1, 0.15) is 25.3 Å². The summed E-state index contributed by atoms with van der Waals surface area (Å²) in [7, 11) is 0. The van der Waals surface area contributed by atoms with Crippen molar-refractivity contribution in [3.8, 4) is 0 Å². The van der Waals surface area contributed by atoms with Gasteiger partial charge in [0.25, 0.3) is 5.56 Å². The number of carbonyl (C=O) groups excluding carboxylic acids is 1. The maximum Gasteiger partial charge on any atom is 0.262 e. The molecule has 0 saturated carbocycles. The first kappa shape index (κ1) is 22.3. The molecule has 2 unspecified atom stereocenters. The number of thioether (sulfide) groups is 1. The highest BCUT2D eigenvalue weighted by atomic mass is 35.5. The van der Waals surface area contributed by atoms with Crippen molar-refractivity contribution >= 4 is 40.2 Å². The van der Waals surface area contributed by atoms with Gasteiger partial charge in [-0.15, -0.1) is 0 Å². The van der Waals surface area contributed by atoms with Crippen LogP contribution in [-0.4, -0.2) is 39.0 Å². The normalized spacial score (nSPS) is 13.2. The van der Waals surface area contributed by atoms with Crippen LogP contribution in [-0.2, 0) is 11.3 Å². The number of rotatable bonds is 8. The summed E-state index contributed by atoms with van der Waals surface area (Å²) in [5.41, 5.74) is 1.36. The van der Waals surface area contributed by atoms with Gasteiger partial charge in [0.15, 0.2) is 5.16 Å². The van der Waals surface area contributed by atoms with Crippen LogP contribution in [0.15, 0.2) is 58.5 Å². The molecule has 0 aliphatic heterocycles. The van der Waals surface area contributed by atoms with Crippen molar-refractivity contribution in [2.75, 3.05) is 12.3 Å². The second-order valence-electron chi connectivity index (χ2n) is 7.23. The van der Waals surface area contributed by atoms with Gasteiger partial charge in [-0.25, -0.2) is 4.98 Å². The number of fused-ring (bicyclic) bond motifs is 1. The lowest BCUT2D eigenvalue weighted by Crippen LogP contribution is -2.30. The first-order valence-corrected chi connectivity index (χ1v) is 11.0. The van der Waals surface area contributed by atoms with Crippen LogP contribution in [0.25, 0.3) is 10.9 Å². The average molecular weight is 446 g/mol. The van der Waals surface area contributed by atoms with Gasteiger partial charge in [0.05, 0.1) is 29.3 Å². The fourth-order valence-corrected chi connectivity index (χ4v) is 4.06. The van der Waals surface area contributed by atoms with E-state index >= 15 is 0 Å². The van der Waals surface area contributed by atoms with E-state index in [2.05, 4.69) is 17.2 Å². The molecule has 8 heteroatoms. The molecular formula is C22H24ClN3O3S. The van der Waals surface area contributed by atoms with Crippen molar-refractivity contribution in [2.45, 2.75) is 37.6 Å². The minimum atomic E-state index is -0.728. The van der Waals surface area contributed by atoms with Crippen molar-refractivity contribution < 1.29 is 9.90 Å². The quantitative estimate of drug-likeness (QED) is 0.410. The van der Waals surface area contributed by atoms with Crippen molar-refractivity contribution in [2.24, 2.45) is 0 Å². The van der Waals surface area contributed by atoms with E-state index in [9.17, 15) is 14.7 Å². The molecule has 0 aliphatic rings. The van der Waals surface area contributed by atoms with E-state index in [1.165, 1.54) is 16.3 Å². The number of carbonyl (C=O) groups is 1. The number of amides is 1. The third kappa shape index (κ3) is 5.62. The number of nitrogens with zero attached hydrogens (tertiary/aromatic N) is 2. The Balaban J connectivity index is 1.72. The lowest BCUT2D eigenvalue weighted by molar-refractivity contribution is -0.118. The fraction of sp³-hybridized carbons (Fsp3) is 0.318. The monoisotopic (exact) mass is 445 g/mol. The molecule has 2 atom stereocenters. The Morgan fingerprint density at radius 3 is 2.67 bits per heavy atom. The maximum atomic E-state index is 12.9. The molecule has 0 bridgehead atoms. The molecule has 0 radical (unpaired) electrons. The molecule has 0 spiro atoms. The third-order valence-electron chi connectivity index (χ3n) is 4.64. The number of aliphatic hydroxyl groups is 1. The summed E-state index contributed by atoms with van der Waals surface area (Å²) in [5, 5.41) is 14.0. The molecule has 0 saturated heterocycles. The number of hydrogen-bond donors (Lipinski definition) is 2. The van der Waals surface area contributed by atoms with Crippen LogP contribution in [0.2, 0.25) is 5.02 Å². The molecule has 1 heterocycles. The van der Waals surface area contributed by atoms with E-state index in [1.807, 2.05) is 30.3 Å². The zero-order valence-electron chi connectivity index (χ0n) is 16.8. The predicted octanol–water partition coefficient (Wildman–Crippen LogP) is 3.44. The summed E-state index contributed by atoms with van der Waals surface area (Å²) in [6.45, 7) is 4.27. The molecule has 1 amide bonds. The van der Waals surface area contributed by atoms with Crippen molar-refractivity contribution in [1.29, 1.82) is 0 Å². The Bertz CT molecular complexity index is 1090. The predicted molar refractivity (Wildman–Crippen MR) is 121 cm³/mol. The van der Waals surface area contributed by atoms with Gasteiger partial charge in [-0.1, -0.05) is 60.6 Å². The van der Waals surface area contributed by atoms with Gasteiger partial charge in [-0.3, -0.25) is 14.2 Å². The number of aliphatic hydroxyl groups excluding tert-OH is 1. The Labute approximate surface area is 184 Å². The highest BCUT2D eigenvalue weighted by Crippen LogP contribution is 2.21. The van der Waals surface area contributed by atoms with Gasteiger partial charge in [0, 0.05) is 11.6 Å². The van der Waals surface area contributed by atoms with Crippen LogP contribution < -0.4 is 10.9 Å². The zero-order chi connectivity index (χ0) is 21.7. The van der Waals surface area contributed by atoms with Crippen LogP contribution in [0.5, 0.6) is 0 Å². The van der Waals surface area contributed by atoms with E-state index in [1.54, 1.807) is 25.1 Å². The zero-order valence-corrected chi connectivity index (χ0v) is 18.4. The molecule has 2 N–H and O–H groups in total. The smallest absolute Gasteiger partial charge is 0.262 e. The van der Waals surface area contributed by atoms with E-state index < -0.39 is 6.10 Å². The van der Waals surface area contributed by atoms with E-state index in [0.717, 1.165) is 5.56 Å². The van der Waals surface area contributed by atoms with Crippen LogP contribution in [0.4, 0.5) is 0 Å². The Morgan fingerprint density at radius 1 is 1.23 bits per heavy atom.